The Bertz CT molecular complexity index is 1320. The van der Waals surface area contributed by atoms with Gasteiger partial charge in [0.1, 0.15) is 0 Å². The third kappa shape index (κ3) is 14.0. The summed E-state index contributed by atoms with van der Waals surface area (Å²) in [6, 6.07) is 26.2. The second-order valence-corrected chi connectivity index (χ2v) is 14.6. The number of rotatable bonds is 24. The Morgan fingerprint density at radius 3 is 0.863 bits per heavy atom. The molecule has 0 saturated carbocycles. The van der Waals surface area contributed by atoms with Gasteiger partial charge in [-0.05, 0) is 90.1 Å². The lowest BCUT2D eigenvalue weighted by atomic mass is 9.92. The van der Waals surface area contributed by atoms with Gasteiger partial charge in [-0.3, -0.25) is 0 Å². The van der Waals surface area contributed by atoms with Crippen molar-refractivity contribution in [2.75, 3.05) is 16.0 Å². The summed E-state index contributed by atoms with van der Waals surface area (Å²) < 4.78 is 0. The van der Waals surface area contributed by atoms with E-state index < -0.39 is 0 Å². The standard InChI is InChI=1S/C45H66N6/c1-7-13-16-34(10-4)31-37-19-25-40(26-20-37)46-43-49-44(47-41-27-21-38(22-28-41)32-35(11-5)17-14-8-2)51-45(50-43)48-42-29-23-39(24-30-42)33-36(12-6)18-15-9-3/h19-30,34-36H,7-18,31-33H2,1-6H3,(H3,46,47,48,49,50,51). The number of unbranched alkanes of at least 4 members (excludes halogenated alkanes) is 3. The molecule has 276 valence electrons. The molecule has 0 aliphatic heterocycles. The topological polar surface area (TPSA) is 74.8 Å². The molecule has 0 bridgehead atoms. The van der Waals surface area contributed by atoms with Crippen LogP contribution in [0, 0.1) is 17.8 Å². The monoisotopic (exact) mass is 691 g/mol. The fourth-order valence-electron chi connectivity index (χ4n) is 6.93. The van der Waals surface area contributed by atoms with Crippen molar-refractivity contribution in [2.45, 2.75) is 138 Å². The second-order valence-electron chi connectivity index (χ2n) is 14.6. The van der Waals surface area contributed by atoms with E-state index in [0.717, 1.165) is 54.1 Å². The van der Waals surface area contributed by atoms with Crippen LogP contribution in [0.2, 0.25) is 0 Å². The van der Waals surface area contributed by atoms with Gasteiger partial charge in [0.05, 0.1) is 0 Å². The Morgan fingerprint density at radius 2 is 0.647 bits per heavy atom. The fraction of sp³-hybridized carbons (Fsp3) is 0.533. The van der Waals surface area contributed by atoms with Crippen molar-refractivity contribution in [3.05, 3.63) is 89.5 Å². The molecule has 3 atom stereocenters. The van der Waals surface area contributed by atoms with Gasteiger partial charge >= 0.3 is 0 Å². The van der Waals surface area contributed by atoms with E-state index in [1.165, 1.54) is 93.7 Å². The molecule has 1 heterocycles. The van der Waals surface area contributed by atoms with E-state index in [0.29, 0.717) is 17.8 Å². The predicted octanol–water partition coefficient (Wildman–Crippen LogP) is 13.4. The lowest BCUT2D eigenvalue weighted by Gasteiger charge is -2.16. The molecule has 0 radical (unpaired) electrons. The first-order chi connectivity index (χ1) is 24.9. The third-order valence-corrected chi connectivity index (χ3v) is 10.5. The maximum atomic E-state index is 4.80. The average molecular weight is 691 g/mol. The van der Waals surface area contributed by atoms with Gasteiger partial charge in [0.25, 0.3) is 0 Å². The van der Waals surface area contributed by atoms with E-state index in [1.54, 1.807) is 0 Å². The average Bonchev–Trinajstić information content (AvgIpc) is 3.15. The van der Waals surface area contributed by atoms with Crippen LogP contribution in [0.5, 0.6) is 0 Å². The van der Waals surface area contributed by atoms with Gasteiger partial charge in [0.15, 0.2) is 0 Å². The Balaban J connectivity index is 1.51. The van der Waals surface area contributed by atoms with Crippen molar-refractivity contribution < 1.29 is 0 Å². The molecule has 4 aromatic rings. The van der Waals surface area contributed by atoms with Crippen molar-refractivity contribution in [3.63, 3.8) is 0 Å². The summed E-state index contributed by atoms with van der Waals surface area (Å²) >= 11 is 0. The molecular formula is C45H66N6. The number of nitrogens with one attached hydrogen (secondary N) is 3. The summed E-state index contributed by atoms with van der Waals surface area (Å²) in [7, 11) is 0. The van der Waals surface area contributed by atoms with E-state index in [1.807, 2.05) is 0 Å². The molecule has 0 amide bonds. The highest BCUT2D eigenvalue weighted by Gasteiger charge is 2.12. The van der Waals surface area contributed by atoms with Gasteiger partial charge in [-0.2, -0.15) is 15.0 Å². The van der Waals surface area contributed by atoms with Crippen LogP contribution in [0.3, 0.4) is 0 Å². The summed E-state index contributed by atoms with van der Waals surface area (Å²) in [5.41, 5.74) is 7.00. The van der Waals surface area contributed by atoms with Crippen LogP contribution in [0.15, 0.2) is 72.8 Å². The van der Waals surface area contributed by atoms with Crippen LogP contribution in [0.4, 0.5) is 34.9 Å². The minimum atomic E-state index is 0.494. The summed E-state index contributed by atoms with van der Waals surface area (Å²) in [6.07, 6.45) is 18.6. The predicted molar refractivity (Wildman–Crippen MR) is 220 cm³/mol. The molecule has 51 heavy (non-hydrogen) atoms. The molecule has 4 rings (SSSR count). The lowest BCUT2D eigenvalue weighted by Crippen LogP contribution is -2.08. The number of hydrogen-bond donors (Lipinski definition) is 3. The van der Waals surface area contributed by atoms with Gasteiger partial charge in [0, 0.05) is 17.1 Å². The van der Waals surface area contributed by atoms with E-state index in [-0.39, 0.29) is 0 Å². The highest BCUT2D eigenvalue weighted by Crippen LogP contribution is 2.26. The molecule has 6 heteroatoms. The molecule has 0 spiro atoms. The molecule has 3 N–H and O–H groups in total. The highest BCUT2D eigenvalue weighted by atomic mass is 15.3. The number of benzene rings is 3. The zero-order valence-electron chi connectivity index (χ0n) is 32.6. The molecule has 0 fully saturated rings. The van der Waals surface area contributed by atoms with E-state index in [4.69, 9.17) is 15.0 Å². The summed E-state index contributed by atoms with van der Waals surface area (Å²) in [5.74, 6) is 3.69. The van der Waals surface area contributed by atoms with Crippen molar-refractivity contribution in [3.8, 4) is 0 Å². The molecule has 3 unspecified atom stereocenters. The highest BCUT2D eigenvalue weighted by molar-refractivity contribution is 5.62. The van der Waals surface area contributed by atoms with Crippen molar-refractivity contribution in [2.24, 2.45) is 17.8 Å². The molecule has 1 aromatic heterocycles. The summed E-state index contributed by atoms with van der Waals surface area (Å²) in [6.45, 7) is 13.8. The smallest absolute Gasteiger partial charge is 0.233 e. The zero-order valence-corrected chi connectivity index (χ0v) is 32.6. The van der Waals surface area contributed by atoms with Crippen LogP contribution < -0.4 is 16.0 Å². The Kier molecular flexibility index (Phi) is 17.3. The lowest BCUT2D eigenvalue weighted by molar-refractivity contribution is 0.449. The van der Waals surface area contributed by atoms with Gasteiger partial charge in [-0.25, -0.2) is 0 Å². The molecular weight excluding hydrogens is 625 g/mol. The van der Waals surface area contributed by atoms with Gasteiger partial charge in [-0.1, -0.05) is 155 Å². The fourth-order valence-corrected chi connectivity index (χ4v) is 6.93. The number of anilines is 6. The normalized spacial score (nSPS) is 13.1. The molecule has 0 aliphatic rings. The minimum Gasteiger partial charge on any atom is -0.324 e. The maximum absolute atomic E-state index is 4.80. The number of aromatic nitrogens is 3. The van der Waals surface area contributed by atoms with Crippen LogP contribution >= 0.6 is 0 Å². The van der Waals surface area contributed by atoms with E-state index in [2.05, 4.69) is 130 Å². The SMILES string of the molecule is CCCCC(CC)Cc1ccc(Nc2nc(Nc3ccc(CC(CC)CCCC)cc3)nc(Nc3ccc(CC(CC)CCCC)cc3)n2)cc1. The van der Waals surface area contributed by atoms with Crippen LogP contribution in [-0.2, 0) is 19.3 Å². The molecule has 0 saturated heterocycles. The van der Waals surface area contributed by atoms with Crippen LogP contribution in [0.25, 0.3) is 0 Å². The largest absolute Gasteiger partial charge is 0.324 e. The van der Waals surface area contributed by atoms with Gasteiger partial charge in [-0.15, -0.1) is 0 Å². The molecule has 3 aromatic carbocycles. The van der Waals surface area contributed by atoms with Crippen LogP contribution in [-0.4, -0.2) is 15.0 Å². The van der Waals surface area contributed by atoms with Gasteiger partial charge < -0.3 is 16.0 Å². The van der Waals surface area contributed by atoms with Crippen molar-refractivity contribution in [1.29, 1.82) is 0 Å². The maximum Gasteiger partial charge on any atom is 0.233 e. The van der Waals surface area contributed by atoms with Gasteiger partial charge in [0.2, 0.25) is 17.8 Å². The third-order valence-electron chi connectivity index (χ3n) is 10.5. The van der Waals surface area contributed by atoms with Crippen molar-refractivity contribution >= 4 is 34.9 Å². The Morgan fingerprint density at radius 1 is 0.392 bits per heavy atom. The Labute approximate surface area is 310 Å². The second kappa shape index (κ2) is 22.1. The molecule has 0 aliphatic carbocycles. The molecule has 6 nitrogen and oxygen atoms in total. The minimum absolute atomic E-state index is 0.494. The quantitative estimate of drug-likeness (QED) is 0.0679. The zero-order chi connectivity index (χ0) is 36.3. The van der Waals surface area contributed by atoms with Crippen LogP contribution in [0.1, 0.15) is 135 Å². The number of hydrogen-bond acceptors (Lipinski definition) is 6. The number of nitrogens with zero attached hydrogens (tertiary/aromatic N) is 3. The summed E-state index contributed by atoms with van der Waals surface area (Å²) in [5, 5.41) is 10.4. The summed E-state index contributed by atoms with van der Waals surface area (Å²) in [4.78, 5) is 14.4. The first-order valence-corrected chi connectivity index (χ1v) is 20.3. The van der Waals surface area contributed by atoms with E-state index in [9.17, 15) is 0 Å². The van der Waals surface area contributed by atoms with Crippen molar-refractivity contribution in [1.82, 2.24) is 15.0 Å². The first kappa shape index (κ1) is 39.8. The Hall–Kier alpha value is -3.93. The van der Waals surface area contributed by atoms with E-state index >= 15 is 0 Å². The first-order valence-electron chi connectivity index (χ1n) is 20.3.